The standard InChI is InChI=1S/C24H24FN5O/c1-17(18-2-5-20(25)6-3-18)29-10-12-30(13-11-29)23-15-24(28-16-27-23)31-21-7-4-19-8-9-26-22(19)14-21/h2-9,14-17,26H,10-13H2,1H3. The lowest BCUT2D eigenvalue weighted by Crippen LogP contribution is -2.47. The molecule has 1 aliphatic heterocycles. The van der Waals surface area contributed by atoms with Gasteiger partial charge in [-0.1, -0.05) is 12.1 Å². The van der Waals surface area contributed by atoms with Gasteiger partial charge in [-0.05, 0) is 48.2 Å². The summed E-state index contributed by atoms with van der Waals surface area (Å²) in [6.45, 7) is 5.69. The van der Waals surface area contributed by atoms with Crippen LogP contribution in [0.3, 0.4) is 0 Å². The van der Waals surface area contributed by atoms with Crippen molar-refractivity contribution in [1.29, 1.82) is 0 Å². The van der Waals surface area contributed by atoms with Gasteiger partial charge in [-0.3, -0.25) is 4.90 Å². The number of hydrogen-bond donors (Lipinski definition) is 1. The highest BCUT2D eigenvalue weighted by atomic mass is 19.1. The van der Waals surface area contributed by atoms with Crippen molar-refractivity contribution in [2.24, 2.45) is 0 Å². The average molecular weight is 417 g/mol. The van der Waals surface area contributed by atoms with Crippen LogP contribution in [0.1, 0.15) is 18.5 Å². The van der Waals surface area contributed by atoms with Gasteiger partial charge < -0.3 is 14.6 Å². The van der Waals surface area contributed by atoms with Gasteiger partial charge in [0.1, 0.15) is 23.7 Å². The molecule has 1 atom stereocenters. The number of nitrogens with one attached hydrogen (secondary N) is 1. The van der Waals surface area contributed by atoms with Crippen molar-refractivity contribution in [2.45, 2.75) is 13.0 Å². The first-order valence-corrected chi connectivity index (χ1v) is 10.5. The van der Waals surface area contributed by atoms with Crippen molar-refractivity contribution in [3.8, 4) is 11.6 Å². The fraction of sp³-hybridized carbons (Fsp3) is 0.250. The Morgan fingerprint density at radius 2 is 1.77 bits per heavy atom. The maximum Gasteiger partial charge on any atom is 0.224 e. The molecule has 2 aromatic heterocycles. The van der Waals surface area contributed by atoms with Gasteiger partial charge in [-0.2, -0.15) is 0 Å². The highest BCUT2D eigenvalue weighted by Gasteiger charge is 2.23. The zero-order chi connectivity index (χ0) is 21.2. The summed E-state index contributed by atoms with van der Waals surface area (Å²) in [5, 5.41) is 1.14. The van der Waals surface area contributed by atoms with Crippen molar-refractivity contribution >= 4 is 16.7 Å². The molecular weight excluding hydrogens is 393 g/mol. The summed E-state index contributed by atoms with van der Waals surface area (Å²) in [6, 6.07) is 16.9. The Kier molecular flexibility index (Phi) is 5.26. The molecule has 1 saturated heterocycles. The van der Waals surface area contributed by atoms with Crippen LogP contribution < -0.4 is 9.64 Å². The number of halogens is 1. The minimum Gasteiger partial charge on any atom is -0.439 e. The normalized spacial score (nSPS) is 15.9. The molecule has 0 radical (unpaired) electrons. The molecule has 1 aliphatic rings. The Morgan fingerprint density at radius 3 is 2.58 bits per heavy atom. The van der Waals surface area contributed by atoms with Crippen LogP contribution in [0.2, 0.25) is 0 Å². The van der Waals surface area contributed by atoms with Crippen molar-refractivity contribution in [2.75, 3.05) is 31.1 Å². The van der Waals surface area contributed by atoms with Gasteiger partial charge in [-0.15, -0.1) is 0 Å². The Hall–Kier alpha value is -3.45. The van der Waals surface area contributed by atoms with E-state index in [-0.39, 0.29) is 11.9 Å². The summed E-state index contributed by atoms with van der Waals surface area (Å²) in [5.41, 5.74) is 2.16. The van der Waals surface area contributed by atoms with Crippen LogP contribution in [0, 0.1) is 5.82 Å². The van der Waals surface area contributed by atoms with E-state index in [1.807, 2.05) is 48.7 Å². The number of rotatable bonds is 5. The van der Waals surface area contributed by atoms with E-state index in [2.05, 4.69) is 31.7 Å². The van der Waals surface area contributed by atoms with E-state index in [0.717, 1.165) is 54.2 Å². The van der Waals surface area contributed by atoms with Crippen LogP contribution >= 0.6 is 0 Å². The van der Waals surface area contributed by atoms with Gasteiger partial charge in [0.2, 0.25) is 5.88 Å². The van der Waals surface area contributed by atoms with Crippen LogP contribution in [0.5, 0.6) is 11.6 Å². The molecule has 6 nitrogen and oxygen atoms in total. The molecule has 2 aromatic carbocycles. The fourth-order valence-corrected chi connectivity index (χ4v) is 4.06. The van der Waals surface area contributed by atoms with Crippen LogP contribution in [-0.4, -0.2) is 46.0 Å². The number of benzene rings is 2. The zero-order valence-corrected chi connectivity index (χ0v) is 17.3. The summed E-state index contributed by atoms with van der Waals surface area (Å²) in [5.74, 6) is 1.92. The maximum absolute atomic E-state index is 13.2. The SMILES string of the molecule is CC(c1ccc(F)cc1)N1CCN(c2cc(Oc3ccc4cc[nH]c4c3)ncn2)CC1. The van der Waals surface area contributed by atoms with E-state index < -0.39 is 0 Å². The number of H-pyrrole nitrogens is 1. The molecule has 1 fully saturated rings. The second kappa shape index (κ2) is 8.35. The number of aromatic amines is 1. The van der Waals surface area contributed by atoms with Crippen molar-refractivity contribution in [3.05, 3.63) is 78.5 Å². The summed E-state index contributed by atoms with van der Waals surface area (Å²) in [7, 11) is 0. The largest absolute Gasteiger partial charge is 0.439 e. The number of ether oxygens (including phenoxy) is 1. The number of fused-ring (bicyclic) bond motifs is 1. The number of anilines is 1. The topological polar surface area (TPSA) is 57.3 Å². The Morgan fingerprint density at radius 1 is 0.968 bits per heavy atom. The van der Waals surface area contributed by atoms with Gasteiger partial charge in [0, 0.05) is 56.1 Å². The molecule has 4 aromatic rings. The number of piperazine rings is 1. The molecule has 7 heteroatoms. The molecule has 1 N–H and O–H groups in total. The molecule has 1 unspecified atom stereocenters. The molecule has 5 rings (SSSR count). The van der Waals surface area contributed by atoms with Crippen LogP contribution in [0.15, 0.2) is 67.1 Å². The van der Waals surface area contributed by atoms with E-state index in [4.69, 9.17) is 4.74 Å². The lowest BCUT2D eigenvalue weighted by molar-refractivity contribution is 0.198. The first kappa shape index (κ1) is 19.5. The molecule has 158 valence electrons. The lowest BCUT2D eigenvalue weighted by atomic mass is 10.1. The van der Waals surface area contributed by atoms with Gasteiger partial charge in [-0.25, -0.2) is 14.4 Å². The molecule has 0 aliphatic carbocycles. The van der Waals surface area contributed by atoms with E-state index >= 15 is 0 Å². The molecule has 3 heterocycles. The summed E-state index contributed by atoms with van der Waals surface area (Å²) >= 11 is 0. The van der Waals surface area contributed by atoms with Crippen LogP contribution in [0.4, 0.5) is 10.2 Å². The molecule has 0 spiro atoms. The van der Waals surface area contributed by atoms with Crippen molar-refractivity contribution in [3.63, 3.8) is 0 Å². The predicted octanol–water partition coefficient (Wildman–Crippen LogP) is 4.77. The summed E-state index contributed by atoms with van der Waals surface area (Å²) in [4.78, 5) is 16.6. The van der Waals surface area contributed by atoms with Gasteiger partial charge in [0.25, 0.3) is 0 Å². The molecule has 0 saturated carbocycles. The third-order valence-electron chi connectivity index (χ3n) is 5.91. The number of hydrogen-bond acceptors (Lipinski definition) is 5. The summed E-state index contributed by atoms with van der Waals surface area (Å²) in [6.07, 6.45) is 3.46. The number of nitrogens with zero attached hydrogens (tertiary/aromatic N) is 4. The quantitative estimate of drug-likeness (QED) is 0.507. The third kappa shape index (κ3) is 4.22. The van der Waals surface area contributed by atoms with Gasteiger partial charge >= 0.3 is 0 Å². The van der Waals surface area contributed by atoms with Crippen LogP contribution in [0.25, 0.3) is 10.9 Å². The van der Waals surface area contributed by atoms with E-state index in [0.29, 0.717) is 5.88 Å². The van der Waals surface area contributed by atoms with E-state index in [1.54, 1.807) is 6.33 Å². The van der Waals surface area contributed by atoms with Crippen molar-refractivity contribution < 1.29 is 9.13 Å². The summed E-state index contributed by atoms with van der Waals surface area (Å²) < 4.78 is 19.2. The van der Waals surface area contributed by atoms with Crippen molar-refractivity contribution in [1.82, 2.24) is 19.9 Å². The Bertz CT molecular complexity index is 1170. The third-order valence-corrected chi connectivity index (χ3v) is 5.91. The average Bonchev–Trinajstić information content (AvgIpc) is 3.27. The highest BCUT2D eigenvalue weighted by molar-refractivity contribution is 5.80. The highest BCUT2D eigenvalue weighted by Crippen LogP contribution is 2.27. The Labute approximate surface area is 180 Å². The van der Waals surface area contributed by atoms with Gasteiger partial charge in [0.05, 0.1) is 0 Å². The minimum absolute atomic E-state index is 0.199. The fourth-order valence-electron chi connectivity index (χ4n) is 4.06. The Balaban J connectivity index is 1.23. The first-order valence-electron chi connectivity index (χ1n) is 10.5. The minimum atomic E-state index is -0.199. The van der Waals surface area contributed by atoms with E-state index in [1.165, 1.54) is 12.1 Å². The molecular formula is C24H24FN5O. The van der Waals surface area contributed by atoms with E-state index in [9.17, 15) is 4.39 Å². The number of aromatic nitrogens is 3. The lowest BCUT2D eigenvalue weighted by Gasteiger charge is -2.38. The molecule has 0 bridgehead atoms. The maximum atomic E-state index is 13.2. The first-order chi connectivity index (χ1) is 15.2. The van der Waals surface area contributed by atoms with Crippen LogP contribution in [-0.2, 0) is 0 Å². The second-order valence-corrected chi connectivity index (χ2v) is 7.79. The zero-order valence-electron chi connectivity index (χ0n) is 17.3. The van der Waals surface area contributed by atoms with Gasteiger partial charge in [0.15, 0.2) is 0 Å². The molecule has 31 heavy (non-hydrogen) atoms. The second-order valence-electron chi connectivity index (χ2n) is 7.79. The predicted molar refractivity (Wildman–Crippen MR) is 119 cm³/mol. The molecule has 0 amide bonds. The smallest absolute Gasteiger partial charge is 0.224 e. The monoisotopic (exact) mass is 417 g/mol.